The zero-order valence-electron chi connectivity index (χ0n) is 14.8. The molecule has 0 spiro atoms. The predicted molar refractivity (Wildman–Crippen MR) is 101 cm³/mol. The molecular weight excluding hydrogens is 363 g/mol. The number of pyridine rings is 1. The van der Waals surface area contributed by atoms with Crippen molar-refractivity contribution >= 4 is 37.9 Å². The van der Waals surface area contributed by atoms with Crippen molar-refractivity contribution in [1.29, 1.82) is 0 Å². The highest BCUT2D eigenvalue weighted by Gasteiger charge is 2.38. The van der Waals surface area contributed by atoms with Crippen LogP contribution in [0.3, 0.4) is 0 Å². The Balaban J connectivity index is 2.06. The van der Waals surface area contributed by atoms with E-state index in [9.17, 15) is 12.8 Å². The molecule has 1 aromatic carbocycles. The van der Waals surface area contributed by atoms with Crippen LogP contribution in [0, 0.1) is 11.7 Å². The second-order valence-electron chi connectivity index (χ2n) is 7.24. The van der Waals surface area contributed by atoms with Gasteiger partial charge in [0.1, 0.15) is 20.8 Å². The topological polar surface area (TPSA) is 50.3 Å². The van der Waals surface area contributed by atoms with Crippen molar-refractivity contribution in [3.63, 3.8) is 0 Å². The van der Waals surface area contributed by atoms with Gasteiger partial charge in [0.2, 0.25) is 0 Å². The van der Waals surface area contributed by atoms with E-state index >= 15 is 0 Å². The van der Waals surface area contributed by atoms with Crippen LogP contribution in [0.25, 0.3) is 10.8 Å². The van der Waals surface area contributed by atoms with Crippen LogP contribution in [0.1, 0.15) is 32.3 Å². The molecule has 0 saturated carbocycles. The van der Waals surface area contributed by atoms with Crippen molar-refractivity contribution in [1.82, 2.24) is 4.98 Å². The quantitative estimate of drug-likeness (QED) is 0.747. The van der Waals surface area contributed by atoms with E-state index < -0.39 is 9.84 Å². The number of hydrogen-bond donors (Lipinski definition) is 0. The molecule has 3 rings (SSSR count). The number of nitrogens with zero attached hydrogens (tertiary/aromatic N) is 2. The van der Waals surface area contributed by atoms with E-state index in [-0.39, 0.29) is 29.4 Å². The first-order chi connectivity index (χ1) is 11.6. The molecule has 1 aliphatic rings. The zero-order chi connectivity index (χ0) is 18.5. The molecule has 0 radical (unpaired) electrons. The fourth-order valence-corrected chi connectivity index (χ4v) is 4.99. The van der Waals surface area contributed by atoms with Crippen LogP contribution in [0.2, 0.25) is 5.15 Å². The normalized spacial score (nSPS) is 21.0. The number of benzene rings is 1. The zero-order valence-corrected chi connectivity index (χ0v) is 16.3. The average Bonchev–Trinajstić information content (AvgIpc) is 2.48. The van der Waals surface area contributed by atoms with E-state index in [4.69, 9.17) is 11.6 Å². The second-order valence-corrected chi connectivity index (χ2v) is 9.82. The van der Waals surface area contributed by atoms with Crippen LogP contribution in [0.4, 0.5) is 10.1 Å². The molecular formula is C18H22ClFN2O2S. The largest absolute Gasteiger partial charge is 0.367 e. The predicted octanol–water partition coefficient (Wildman–Crippen LogP) is 4.02. The van der Waals surface area contributed by atoms with Crippen LogP contribution in [-0.2, 0) is 9.84 Å². The Labute approximate surface area is 152 Å². The number of sulfone groups is 1. The lowest BCUT2D eigenvalue weighted by Gasteiger charge is -2.48. The molecule has 4 nitrogen and oxygen atoms in total. The molecule has 1 aliphatic heterocycles. The summed E-state index contributed by atoms with van der Waals surface area (Å²) in [6.45, 7) is 6.45. The molecule has 136 valence electrons. The highest BCUT2D eigenvalue weighted by atomic mass is 35.5. The summed E-state index contributed by atoms with van der Waals surface area (Å²) in [5.41, 5.74) is 1.38. The van der Waals surface area contributed by atoms with E-state index in [0.717, 1.165) is 16.5 Å². The lowest BCUT2D eigenvalue weighted by Crippen LogP contribution is -2.57. The average molecular weight is 385 g/mol. The number of aromatic nitrogens is 1. The molecule has 2 atom stereocenters. The maximum absolute atomic E-state index is 14.8. The first kappa shape index (κ1) is 18.4. The molecule has 1 saturated heterocycles. The fraction of sp³-hybridized carbons (Fsp3) is 0.500. The molecule has 0 aliphatic carbocycles. The lowest BCUT2D eigenvalue weighted by molar-refractivity contribution is 0.341. The summed E-state index contributed by atoms with van der Waals surface area (Å²) in [7, 11) is -3.03. The molecule has 2 aromatic rings. The summed E-state index contributed by atoms with van der Waals surface area (Å²) in [5, 5.41) is 1.94. The van der Waals surface area contributed by atoms with E-state index in [1.54, 1.807) is 18.3 Å². The summed E-state index contributed by atoms with van der Waals surface area (Å²) in [5.74, 6) is -0.0438. The van der Waals surface area contributed by atoms with Crippen molar-refractivity contribution in [3.8, 4) is 0 Å². The van der Waals surface area contributed by atoms with Gasteiger partial charge in [0, 0.05) is 42.0 Å². The molecule has 1 aromatic heterocycles. The van der Waals surface area contributed by atoms with Crippen molar-refractivity contribution in [2.45, 2.75) is 32.7 Å². The first-order valence-electron chi connectivity index (χ1n) is 8.30. The van der Waals surface area contributed by atoms with Crippen molar-refractivity contribution in [3.05, 3.63) is 34.9 Å². The number of anilines is 1. The maximum atomic E-state index is 14.8. The Hall–Kier alpha value is -1.40. The molecule has 0 N–H and O–H groups in total. The van der Waals surface area contributed by atoms with E-state index in [0.29, 0.717) is 17.3 Å². The Morgan fingerprint density at radius 1 is 1.36 bits per heavy atom. The summed E-state index contributed by atoms with van der Waals surface area (Å²) in [6, 6.07) is 3.27. The van der Waals surface area contributed by atoms with Crippen LogP contribution >= 0.6 is 11.6 Å². The summed E-state index contributed by atoms with van der Waals surface area (Å²) in [6.07, 6.45) is 2.93. The third-order valence-electron chi connectivity index (χ3n) is 4.97. The van der Waals surface area contributed by atoms with Crippen LogP contribution in [0.15, 0.2) is 18.3 Å². The van der Waals surface area contributed by atoms with Crippen molar-refractivity contribution in [2.24, 2.45) is 5.92 Å². The van der Waals surface area contributed by atoms with Crippen molar-refractivity contribution in [2.75, 3.05) is 23.5 Å². The van der Waals surface area contributed by atoms with Gasteiger partial charge >= 0.3 is 0 Å². The van der Waals surface area contributed by atoms with Crippen LogP contribution < -0.4 is 4.90 Å². The highest BCUT2D eigenvalue weighted by molar-refractivity contribution is 7.90. The molecule has 0 bridgehead atoms. The van der Waals surface area contributed by atoms with Crippen LogP contribution in [0.5, 0.6) is 0 Å². The Kier molecular flexibility index (Phi) is 4.71. The molecule has 0 unspecified atom stereocenters. The second kappa shape index (κ2) is 6.40. The van der Waals surface area contributed by atoms with Gasteiger partial charge in [0.15, 0.2) is 0 Å². The van der Waals surface area contributed by atoms with Gasteiger partial charge in [-0.2, -0.15) is 0 Å². The van der Waals surface area contributed by atoms with E-state index in [1.807, 2.05) is 25.7 Å². The number of hydrogen-bond acceptors (Lipinski definition) is 4. The van der Waals surface area contributed by atoms with Gasteiger partial charge in [-0.15, -0.1) is 0 Å². The fourth-order valence-electron chi connectivity index (χ4n) is 3.67. The Bertz CT molecular complexity index is 930. The third-order valence-corrected chi connectivity index (χ3v) is 6.21. The van der Waals surface area contributed by atoms with Gasteiger partial charge < -0.3 is 4.90 Å². The van der Waals surface area contributed by atoms with Gasteiger partial charge in [-0.3, -0.25) is 0 Å². The van der Waals surface area contributed by atoms with Gasteiger partial charge in [-0.1, -0.05) is 25.4 Å². The van der Waals surface area contributed by atoms with Gasteiger partial charge in [0.05, 0.1) is 5.75 Å². The molecule has 7 heteroatoms. The standard InChI is InChI=1S/C18H22ClFN2O2S/c1-10(2)18-13-5-17(19)21-7-14(13)16(6-15(18)20)22-8-12(11(22)3)9-25(4,23)24/h5-7,10-12H,8-9H2,1-4H3/t11-,12-/m1/s1. The Morgan fingerprint density at radius 2 is 2.04 bits per heavy atom. The van der Waals surface area contributed by atoms with E-state index in [1.165, 1.54) is 6.26 Å². The first-order valence-corrected chi connectivity index (χ1v) is 10.7. The number of fused-ring (bicyclic) bond motifs is 1. The van der Waals surface area contributed by atoms with Gasteiger partial charge in [0.25, 0.3) is 0 Å². The summed E-state index contributed by atoms with van der Waals surface area (Å²) in [4.78, 5) is 6.21. The van der Waals surface area contributed by atoms with Gasteiger partial charge in [-0.05, 0) is 35.9 Å². The number of rotatable bonds is 4. The van der Waals surface area contributed by atoms with E-state index in [2.05, 4.69) is 4.98 Å². The molecule has 2 heterocycles. The maximum Gasteiger partial charge on any atom is 0.147 e. The monoisotopic (exact) mass is 384 g/mol. The minimum Gasteiger partial charge on any atom is -0.367 e. The highest BCUT2D eigenvalue weighted by Crippen LogP contribution is 2.40. The Morgan fingerprint density at radius 3 is 2.60 bits per heavy atom. The smallest absolute Gasteiger partial charge is 0.147 e. The minimum absolute atomic E-state index is 0.0156. The number of halogens is 2. The van der Waals surface area contributed by atoms with Crippen molar-refractivity contribution < 1.29 is 12.8 Å². The summed E-state index contributed by atoms with van der Waals surface area (Å²) < 4.78 is 37.9. The lowest BCUT2D eigenvalue weighted by atomic mass is 9.88. The SMILES string of the molecule is CC(C)c1c(F)cc(N2C[C@H](CS(C)(=O)=O)[C@H]2C)c2cnc(Cl)cc12. The van der Waals surface area contributed by atoms with Gasteiger partial charge in [-0.25, -0.2) is 17.8 Å². The summed E-state index contributed by atoms with van der Waals surface area (Å²) >= 11 is 6.04. The minimum atomic E-state index is -3.03. The third kappa shape index (κ3) is 3.47. The van der Waals surface area contributed by atoms with Crippen LogP contribution in [-0.4, -0.2) is 38.0 Å². The molecule has 0 amide bonds. The molecule has 1 fully saturated rings. The molecule has 25 heavy (non-hydrogen) atoms.